The fourth-order valence-corrected chi connectivity index (χ4v) is 5.95. The standard InChI is InChI=1S/C34H40N4O8/c1-2-45-34-28(12-16-43-18-19-44-17-15-39)30(27-9-5-8-26-25-7-4-3-6-23(25)20-29(26)27)21-31(46-34)33(40)36-14-13-35-32-11-10-24(22-37-32)38(41)42/h3-11,21-22,28,30,34,39H,2,12-20H2,1H3,(H,35,37)(H,36,40). The molecule has 0 bridgehead atoms. The third-order valence-electron chi connectivity index (χ3n) is 8.06. The first-order chi connectivity index (χ1) is 22.5. The van der Waals surface area contributed by atoms with E-state index in [0.29, 0.717) is 45.2 Å². The molecule has 2 aromatic carbocycles. The second-order valence-electron chi connectivity index (χ2n) is 10.9. The number of amides is 1. The van der Waals surface area contributed by atoms with E-state index in [1.165, 1.54) is 40.6 Å². The van der Waals surface area contributed by atoms with E-state index in [2.05, 4.69) is 58.1 Å². The first-order valence-corrected chi connectivity index (χ1v) is 15.6. The average Bonchev–Trinajstić information content (AvgIpc) is 3.46. The molecule has 46 heavy (non-hydrogen) atoms. The second-order valence-corrected chi connectivity index (χ2v) is 10.9. The maximum Gasteiger partial charge on any atom is 0.287 e. The molecule has 3 atom stereocenters. The van der Waals surface area contributed by atoms with Crippen molar-refractivity contribution in [3.8, 4) is 11.1 Å². The third kappa shape index (κ3) is 8.07. The van der Waals surface area contributed by atoms with Crippen LogP contribution < -0.4 is 10.6 Å². The fraction of sp³-hybridized carbons (Fsp3) is 0.412. The summed E-state index contributed by atoms with van der Waals surface area (Å²) in [5.41, 5.74) is 5.99. The molecule has 0 spiro atoms. The Balaban J connectivity index is 1.33. The minimum Gasteiger partial charge on any atom is -0.459 e. The van der Waals surface area contributed by atoms with Gasteiger partial charge in [-0.05, 0) is 59.7 Å². The zero-order valence-corrected chi connectivity index (χ0v) is 25.9. The van der Waals surface area contributed by atoms with Crippen molar-refractivity contribution in [2.45, 2.75) is 32.0 Å². The summed E-state index contributed by atoms with van der Waals surface area (Å²) in [5, 5.41) is 25.7. The molecule has 2 heterocycles. The number of rotatable bonds is 17. The van der Waals surface area contributed by atoms with Crippen LogP contribution in [0.25, 0.3) is 11.1 Å². The third-order valence-corrected chi connectivity index (χ3v) is 8.06. The zero-order valence-electron chi connectivity index (χ0n) is 25.9. The number of hydrogen-bond donors (Lipinski definition) is 3. The van der Waals surface area contributed by atoms with Gasteiger partial charge in [-0.1, -0.05) is 42.5 Å². The number of nitro groups is 1. The number of aromatic nitrogens is 1. The highest BCUT2D eigenvalue weighted by atomic mass is 16.7. The summed E-state index contributed by atoms with van der Waals surface area (Å²) < 4.78 is 23.5. The molecule has 1 aromatic heterocycles. The number of carbonyl (C=O) groups is 1. The molecule has 5 rings (SSSR count). The fourth-order valence-electron chi connectivity index (χ4n) is 5.95. The lowest BCUT2D eigenvalue weighted by Gasteiger charge is -2.37. The summed E-state index contributed by atoms with van der Waals surface area (Å²) in [7, 11) is 0. The van der Waals surface area contributed by atoms with Gasteiger partial charge >= 0.3 is 0 Å². The average molecular weight is 633 g/mol. The van der Waals surface area contributed by atoms with Crippen LogP contribution in [0, 0.1) is 16.0 Å². The van der Waals surface area contributed by atoms with Crippen LogP contribution in [0.3, 0.4) is 0 Å². The number of anilines is 1. The normalized spacial score (nSPS) is 18.2. The number of fused-ring (bicyclic) bond motifs is 3. The number of benzene rings is 2. The summed E-state index contributed by atoms with van der Waals surface area (Å²) in [6.45, 7) is 4.42. The topological polar surface area (TPSA) is 154 Å². The van der Waals surface area contributed by atoms with E-state index in [0.717, 1.165) is 12.0 Å². The van der Waals surface area contributed by atoms with Crippen LogP contribution in [0.4, 0.5) is 11.5 Å². The Hall–Kier alpha value is -4.36. The highest BCUT2D eigenvalue weighted by molar-refractivity contribution is 5.92. The van der Waals surface area contributed by atoms with E-state index < -0.39 is 11.2 Å². The highest BCUT2D eigenvalue weighted by Gasteiger charge is 2.39. The molecule has 12 nitrogen and oxygen atoms in total. The zero-order chi connectivity index (χ0) is 32.3. The summed E-state index contributed by atoms with van der Waals surface area (Å²) >= 11 is 0. The molecule has 3 N–H and O–H groups in total. The number of aliphatic hydroxyl groups is 1. The van der Waals surface area contributed by atoms with Crippen LogP contribution in [0.15, 0.2) is 72.6 Å². The Morgan fingerprint density at radius 3 is 2.61 bits per heavy atom. The van der Waals surface area contributed by atoms with Gasteiger partial charge in [0.15, 0.2) is 5.76 Å². The molecule has 244 valence electrons. The predicted molar refractivity (Wildman–Crippen MR) is 171 cm³/mol. The van der Waals surface area contributed by atoms with Gasteiger partial charge in [0.05, 0.1) is 31.4 Å². The van der Waals surface area contributed by atoms with E-state index in [4.69, 9.17) is 24.1 Å². The number of nitrogens with zero attached hydrogens (tertiary/aromatic N) is 2. The number of aliphatic hydroxyl groups excluding tert-OH is 1. The van der Waals surface area contributed by atoms with Crippen LogP contribution in [0.2, 0.25) is 0 Å². The molecule has 1 amide bonds. The van der Waals surface area contributed by atoms with Crippen molar-refractivity contribution in [2.75, 3.05) is 58.0 Å². The maximum absolute atomic E-state index is 13.4. The largest absolute Gasteiger partial charge is 0.459 e. The van der Waals surface area contributed by atoms with Gasteiger partial charge in [0.2, 0.25) is 6.29 Å². The Kier molecular flexibility index (Phi) is 11.7. The number of ether oxygens (including phenoxy) is 4. The molecule has 2 aliphatic rings. The van der Waals surface area contributed by atoms with Crippen LogP contribution >= 0.6 is 0 Å². The number of allylic oxidation sites excluding steroid dienone is 1. The highest BCUT2D eigenvalue weighted by Crippen LogP contribution is 2.45. The Morgan fingerprint density at radius 2 is 1.85 bits per heavy atom. The lowest BCUT2D eigenvalue weighted by atomic mass is 9.78. The van der Waals surface area contributed by atoms with Crippen molar-refractivity contribution in [1.82, 2.24) is 10.3 Å². The van der Waals surface area contributed by atoms with Gasteiger partial charge in [0, 0.05) is 44.2 Å². The van der Waals surface area contributed by atoms with Crippen molar-refractivity contribution in [1.29, 1.82) is 0 Å². The lowest BCUT2D eigenvalue weighted by Crippen LogP contribution is -2.40. The van der Waals surface area contributed by atoms with Gasteiger partial charge < -0.3 is 34.7 Å². The molecule has 3 unspecified atom stereocenters. The molecule has 0 radical (unpaired) electrons. The Bertz CT molecular complexity index is 1510. The molecule has 12 heteroatoms. The van der Waals surface area contributed by atoms with Gasteiger partial charge in [-0.15, -0.1) is 0 Å². The summed E-state index contributed by atoms with van der Waals surface area (Å²) in [5.74, 6) is -0.000283. The van der Waals surface area contributed by atoms with E-state index >= 15 is 0 Å². The van der Waals surface area contributed by atoms with Gasteiger partial charge in [-0.25, -0.2) is 4.98 Å². The van der Waals surface area contributed by atoms with Crippen molar-refractivity contribution < 1.29 is 33.8 Å². The molecular formula is C34H40N4O8. The van der Waals surface area contributed by atoms with Crippen LogP contribution in [-0.2, 0) is 30.2 Å². The van der Waals surface area contributed by atoms with Gasteiger partial charge in [0.25, 0.3) is 11.6 Å². The van der Waals surface area contributed by atoms with Crippen molar-refractivity contribution >= 4 is 17.4 Å². The molecule has 0 saturated carbocycles. The molecule has 0 saturated heterocycles. The molecule has 1 aliphatic carbocycles. The predicted octanol–water partition coefficient (Wildman–Crippen LogP) is 4.18. The minimum atomic E-state index is -0.669. The van der Waals surface area contributed by atoms with E-state index in [-0.39, 0.29) is 48.9 Å². The van der Waals surface area contributed by atoms with Gasteiger partial charge in [-0.2, -0.15) is 0 Å². The van der Waals surface area contributed by atoms with Gasteiger partial charge in [-0.3, -0.25) is 14.9 Å². The van der Waals surface area contributed by atoms with E-state index in [1.54, 1.807) is 0 Å². The Labute approximate surface area is 267 Å². The summed E-state index contributed by atoms with van der Waals surface area (Å²) in [6.07, 6.45) is 3.85. The van der Waals surface area contributed by atoms with Crippen LogP contribution in [0.1, 0.15) is 36.0 Å². The number of nitrogens with one attached hydrogen (secondary N) is 2. The molecular weight excluding hydrogens is 592 g/mol. The first kappa shape index (κ1) is 33.0. The number of pyridine rings is 1. The lowest BCUT2D eigenvalue weighted by molar-refractivity contribution is -0.385. The monoisotopic (exact) mass is 632 g/mol. The summed E-state index contributed by atoms with van der Waals surface area (Å²) in [4.78, 5) is 27.8. The minimum absolute atomic E-state index is 0.0296. The SMILES string of the molecule is CCOC1OC(C(=O)NCCNc2ccc([N+](=O)[O-])cn2)=CC(c2cccc3c2Cc2ccccc2-3)C1CCOCCOCCO. The molecule has 3 aromatic rings. The Morgan fingerprint density at radius 1 is 1.04 bits per heavy atom. The van der Waals surface area contributed by atoms with E-state index in [9.17, 15) is 14.9 Å². The van der Waals surface area contributed by atoms with Crippen LogP contribution in [0.5, 0.6) is 0 Å². The molecule has 0 fully saturated rings. The second kappa shape index (κ2) is 16.3. The number of hydrogen-bond acceptors (Lipinski definition) is 10. The van der Waals surface area contributed by atoms with Crippen molar-refractivity contribution in [2.24, 2.45) is 5.92 Å². The smallest absolute Gasteiger partial charge is 0.287 e. The first-order valence-electron chi connectivity index (χ1n) is 15.6. The van der Waals surface area contributed by atoms with Crippen molar-refractivity contribution in [3.05, 3.63) is 99.4 Å². The quantitative estimate of drug-likeness (QED) is 0.0877. The molecule has 1 aliphatic heterocycles. The van der Waals surface area contributed by atoms with Gasteiger partial charge in [0.1, 0.15) is 12.0 Å². The maximum atomic E-state index is 13.4. The van der Waals surface area contributed by atoms with E-state index in [1.807, 2.05) is 13.0 Å². The number of carbonyl (C=O) groups excluding carboxylic acids is 1. The summed E-state index contributed by atoms with van der Waals surface area (Å²) in [6, 6.07) is 17.7. The van der Waals surface area contributed by atoms with Crippen molar-refractivity contribution in [3.63, 3.8) is 0 Å². The van der Waals surface area contributed by atoms with Crippen LogP contribution in [-0.4, -0.2) is 79.9 Å².